The third-order valence-corrected chi connectivity index (χ3v) is 6.23. The SMILES string of the molecule is C[C@H]([NH2+]C[C@H](O)COCc1cccs1)[C@@H]1C[C@@H]2CC[C@H]1C2. The maximum absolute atomic E-state index is 10.0. The van der Waals surface area contributed by atoms with Crippen LogP contribution < -0.4 is 5.32 Å². The summed E-state index contributed by atoms with van der Waals surface area (Å²) >= 11 is 1.70. The Hall–Kier alpha value is -0.420. The zero-order chi connectivity index (χ0) is 14.7. The number of aliphatic hydroxyl groups is 1. The van der Waals surface area contributed by atoms with E-state index in [1.54, 1.807) is 11.3 Å². The summed E-state index contributed by atoms with van der Waals surface area (Å²) in [4.78, 5) is 1.22. The number of hydrogen-bond acceptors (Lipinski definition) is 3. The number of nitrogens with two attached hydrogens (primary N) is 1. The molecular formula is C17H28NO2S+. The van der Waals surface area contributed by atoms with E-state index in [2.05, 4.69) is 23.7 Å². The van der Waals surface area contributed by atoms with Crippen LogP contribution >= 0.6 is 11.3 Å². The first kappa shape index (κ1) is 15.5. The minimum Gasteiger partial charge on any atom is -0.385 e. The van der Waals surface area contributed by atoms with E-state index in [4.69, 9.17) is 4.74 Å². The summed E-state index contributed by atoms with van der Waals surface area (Å²) in [7, 11) is 0. The van der Waals surface area contributed by atoms with Gasteiger partial charge in [0.2, 0.25) is 0 Å². The first-order chi connectivity index (χ1) is 10.2. The lowest BCUT2D eigenvalue weighted by atomic mass is 9.84. The minimum absolute atomic E-state index is 0.356. The molecule has 3 N–H and O–H groups in total. The van der Waals surface area contributed by atoms with Gasteiger partial charge in [-0.25, -0.2) is 0 Å². The second-order valence-corrected chi connectivity index (χ2v) is 7.95. The van der Waals surface area contributed by atoms with Crippen molar-refractivity contribution in [1.29, 1.82) is 0 Å². The number of aliphatic hydroxyl groups excluding tert-OH is 1. The fraction of sp³-hybridized carbons (Fsp3) is 0.765. The Morgan fingerprint density at radius 2 is 2.33 bits per heavy atom. The van der Waals surface area contributed by atoms with Crippen LogP contribution in [0, 0.1) is 17.8 Å². The number of rotatable bonds is 8. The van der Waals surface area contributed by atoms with E-state index in [0.29, 0.717) is 19.3 Å². The molecule has 4 heteroatoms. The summed E-state index contributed by atoms with van der Waals surface area (Å²) in [5.41, 5.74) is 0. The van der Waals surface area contributed by atoms with Crippen LogP contribution in [-0.4, -0.2) is 30.4 Å². The number of quaternary nitrogens is 1. The highest BCUT2D eigenvalue weighted by Crippen LogP contribution is 2.48. The molecular weight excluding hydrogens is 282 g/mol. The van der Waals surface area contributed by atoms with Gasteiger partial charge in [-0.1, -0.05) is 12.5 Å². The standard InChI is InChI=1S/C17H27NO2S/c1-12(17-8-13-4-5-14(17)7-13)18-9-15(19)10-20-11-16-3-2-6-21-16/h2-3,6,12-15,17-19H,4-5,7-11H2,1H3/p+1/t12-,13+,14-,15-,17-/m0/s1. The quantitative estimate of drug-likeness (QED) is 0.771. The molecule has 118 valence electrons. The van der Waals surface area contributed by atoms with Crippen molar-refractivity contribution in [3.63, 3.8) is 0 Å². The fourth-order valence-corrected chi connectivity index (χ4v) is 4.88. The summed E-state index contributed by atoms with van der Waals surface area (Å²) in [5, 5.41) is 14.4. The molecule has 2 aliphatic carbocycles. The molecule has 2 bridgehead atoms. The molecule has 1 heterocycles. The topological polar surface area (TPSA) is 46.1 Å². The van der Waals surface area contributed by atoms with Crippen molar-refractivity contribution in [2.75, 3.05) is 13.2 Å². The maximum atomic E-state index is 10.0. The molecule has 3 nitrogen and oxygen atoms in total. The molecule has 0 spiro atoms. The second-order valence-electron chi connectivity index (χ2n) is 6.92. The molecule has 0 saturated heterocycles. The van der Waals surface area contributed by atoms with Crippen molar-refractivity contribution in [2.24, 2.45) is 17.8 Å². The van der Waals surface area contributed by atoms with Gasteiger partial charge in [-0.2, -0.15) is 0 Å². The molecule has 0 radical (unpaired) electrons. The van der Waals surface area contributed by atoms with Gasteiger partial charge in [0, 0.05) is 10.8 Å². The highest BCUT2D eigenvalue weighted by Gasteiger charge is 2.43. The van der Waals surface area contributed by atoms with Crippen molar-refractivity contribution in [1.82, 2.24) is 0 Å². The van der Waals surface area contributed by atoms with Crippen LogP contribution in [0.1, 0.15) is 37.5 Å². The predicted octanol–water partition coefficient (Wildman–Crippen LogP) is 2.01. The van der Waals surface area contributed by atoms with Crippen molar-refractivity contribution in [3.8, 4) is 0 Å². The first-order valence-corrected chi connectivity index (χ1v) is 9.22. The van der Waals surface area contributed by atoms with Gasteiger partial charge in [0.15, 0.2) is 0 Å². The molecule has 1 aromatic heterocycles. The Bertz CT molecular complexity index is 422. The number of fused-ring (bicyclic) bond motifs is 2. The van der Waals surface area contributed by atoms with Crippen LogP contribution in [0.25, 0.3) is 0 Å². The van der Waals surface area contributed by atoms with Crippen LogP contribution in [0.15, 0.2) is 17.5 Å². The monoisotopic (exact) mass is 310 g/mol. The van der Waals surface area contributed by atoms with Crippen LogP contribution in [-0.2, 0) is 11.3 Å². The van der Waals surface area contributed by atoms with Gasteiger partial charge in [0.05, 0.1) is 19.3 Å². The molecule has 5 atom stereocenters. The number of thiophene rings is 1. The summed E-state index contributed by atoms with van der Waals surface area (Å²) in [5.74, 6) is 2.85. The molecule has 1 aromatic rings. The Kier molecular flexibility index (Phi) is 5.33. The van der Waals surface area contributed by atoms with Gasteiger partial charge < -0.3 is 15.2 Å². The average molecular weight is 310 g/mol. The molecule has 3 rings (SSSR count). The van der Waals surface area contributed by atoms with Crippen molar-refractivity contribution in [2.45, 2.75) is 51.4 Å². The van der Waals surface area contributed by atoms with Gasteiger partial charge in [0.1, 0.15) is 12.6 Å². The average Bonchev–Trinajstić information content (AvgIpc) is 3.21. The lowest BCUT2D eigenvalue weighted by Crippen LogP contribution is -2.92. The van der Waals surface area contributed by atoms with E-state index < -0.39 is 0 Å². The fourth-order valence-electron chi connectivity index (χ4n) is 4.24. The lowest BCUT2D eigenvalue weighted by Gasteiger charge is -2.26. The number of ether oxygens (including phenoxy) is 1. The van der Waals surface area contributed by atoms with Gasteiger partial charge in [0.25, 0.3) is 0 Å². The maximum Gasteiger partial charge on any atom is 0.126 e. The van der Waals surface area contributed by atoms with E-state index in [1.807, 2.05) is 6.07 Å². The Labute approximate surface area is 131 Å². The normalized spacial score (nSPS) is 30.7. The van der Waals surface area contributed by atoms with E-state index >= 15 is 0 Å². The van der Waals surface area contributed by atoms with Gasteiger partial charge >= 0.3 is 0 Å². The molecule has 2 aliphatic rings. The molecule has 0 unspecified atom stereocenters. The summed E-state index contributed by atoms with van der Waals surface area (Å²) in [6.45, 7) is 4.17. The van der Waals surface area contributed by atoms with Gasteiger partial charge in [-0.15, -0.1) is 11.3 Å². The molecule has 21 heavy (non-hydrogen) atoms. The highest BCUT2D eigenvalue weighted by molar-refractivity contribution is 7.09. The van der Waals surface area contributed by atoms with Crippen molar-refractivity contribution < 1.29 is 15.2 Å². The summed E-state index contributed by atoms with van der Waals surface area (Å²) in [6.07, 6.45) is 5.45. The highest BCUT2D eigenvalue weighted by atomic mass is 32.1. The summed E-state index contributed by atoms with van der Waals surface area (Å²) in [6, 6.07) is 4.75. The van der Waals surface area contributed by atoms with Crippen molar-refractivity contribution in [3.05, 3.63) is 22.4 Å². The Morgan fingerprint density at radius 1 is 1.43 bits per heavy atom. The summed E-state index contributed by atoms with van der Waals surface area (Å²) < 4.78 is 5.59. The van der Waals surface area contributed by atoms with Crippen LogP contribution in [0.3, 0.4) is 0 Å². The van der Waals surface area contributed by atoms with Crippen molar-refractivity contribution >= 4 is 11.3 Å². The second kappa shape index (κ2) is 7.23. The minimum atomic E-state index is -0.356. The van der Waals surface area contributed by atoms with E-state index in [9.17, 15) is 5.11 Å². The molecule has 0 amide bonds. The van der Waals surface area contributed by atoms with Gasteiger partial charge in [-0.3, -0.25) is 0 Å². The van der Waals surface area contributed by atoms with Gasteiger partial charge in [-0.05, 0) is 49.5 Å². The third-order valence-electron chi connectivity index (χ3n) is 5.38. The first-order valence-electron chi connectivity index (χ1n) is 8.34. The lowest BCUT2D eigenvalue weighted by molar-refractivity contribution is -0.699. The van der Waals surface area contributed by atoms with E-state index in [0.717, 1.165) is 24.3 Å². The van der Waals surface area contributed by atoms with Crippen LogP contribution in [0.2, 0.25) is 0 Å². The van der Waals surface area contributed by atoms with E-state index in [-0.39, 0.29) is 6.10 Å². The molecule has 2 saturated carbocycles. The third kappa shape index (κ3) is 4.07. The van der Waals surface area contributed by atoms with Crippen LogP contribution in [0.5, 0.6) is 0 Å². The molecule has 2 fully saturated rings. The van der Waals surface area contributed by atoms with Crippen LogP contribution in [0.4, 0.5) is 0 Å². The zero-order valence-corrected chi connectivity index (χ0v) is 13.7. The largest absolute Gasteiger partial charge is 0.385 e. The molecule has 0 aromatic carbocycles. The smallest absolute Gasteiger partial charge is 0.126 e. The molecule has 0 aliphatic heterocycles. The number of hydrogen-bond donors (Lipinski definition) is 2. The predicted molar refractivity (Wildman–Crippen MR) is 85.2 cm³/mol. The van der Waals surface area contributed by atoms with E-state index in [1.165, 1.54) is 30.6 Å². The zero-order valence-electron chi connectivity index (χ0n) is 12.9. The Morgan fingerprint density at radius 3 is 3.00 bits per heavy atom. The Balaban J connectivity index is 1.31.